The molecule has 0 aliphatic rings. The van der Waals surface area contributed by atoms with E-state index in [9.17, 15) is 13.6 Å². The molecule has 16 heavy (non-hydrogen) atoms. The van der Waals surface area contributed by atoms with Gasteiger partial charge in [0.15, 0.2) is 0 Å². The van der Waals surface area contributed by atoms with E-state index in [1.807, 2.05) is 0 Å². The average molecular weight is 245 g/mol. The molecule has 0 amide bonds. The van der Waals surface area contributed by atoms with Crippen LogP contribution in [0.3, 0.4) is 0 Å². The van der Waals surface area contributed by atoms with Crippen molar-refractivity contribution in [1.82, 2.24) is 10.2 Å². The van der Waals surface area contributed by atoms with Crippen LogP contribution in [0.1, 0.15) is 11.3 Å². The summed E-state index contributed by atoms with van der Waals surface area (Å²) in [6.07, 6.45) is 0. The van der Waals surface area contributed by atoms with Gasteiger partial charge in [-0.1, -0.05) is 23.7 Å². The summed E-state index contributed by atoms with van der Waals surface area (Å²) >= 11 is 5.60. The third-order valence-corrected chi connectivity index (χ3v) is 2.39. The lowest BCUT2D eigenvalue weighted by molar-refractivity contribution is 0.0379. The van der Waals surface area contributed by atoms with Gasteiger partial charge in [0, 0.05) is 16.7 Å². The number of nitrogens with one attached hydrogen (secondary N) is 2. The van der Waals surface area contributed by atoms with Gasteiger partial charge in [0.2, 0.25) is 0 Å². The van der Waals surface area contributed by atoms with Crippen LogP contribution in [-0.4, -0.2) is 10.2 Å². The first-order chi connectivity index (χ1) is 7.50. The van der Waals surface area contributed by atoms with Gasteiger partial charge in [-0.05, 0) is 12.1 Å². The number of rotatable bonds is 2. The maximum atomic E-state index is 13.8. The lowest BCUT2D eigenvalue weighted by atomic mass is 10.1. The van der Waals surface area contributed by atoms with Crippen LogP contribution in [0.2, 0.25) is 5.02 Å². The predicted molar refractivity (Wildman–Crippen MR) is 55.9 cm³/mol. The van der Waals surface area contributed by atoms with Gasteiger partial charge in [0.25, 0.3) is 5.56 Å². The molecule has 2 aromatic rings. The molecule has 0 bridgehead atoms. The molecule has 0 aliphatic heterocycles. The minimum Gasteiger partial charge on any atom is -0.296 e. The van der Waals surface area contributed by atoms with Crippen molar-refractivity contribution >= 4 is 11.6 Å². The Balaban J connectivity index is 2.45. The summed E-state index contributed by atoms with van der Waals surface area (Å²) in [7, 11) is 0. The number of hydrogen-bond acceptors (Lipinski definition) is 1. The van der Waals surface area contributed by atoms with E-state index in [2.05, 4.69) is 10.2 Å². The van der Waals surface area contributed by atoms with Crippen LogP contribution in [0.5, 0.6) is 0 Å². The zero-order valence-corrected chi connectivity index (χ0v) is 8.68. The van der Waals surface area contributed by atoms with Gasteiger partial charge in [0.05, 0.1) is 0 Å². The van der Waals surface area contributed by atoms with E-state index < -0.39 is 17.2 Å². The zero-order valence-electron chi connectivity index (χ0n) is 7.93. The number of hydrogen-bond donors (Lipinski definition) is 2. The van der Waals surface area contributed by atoms with Crippen LogP contribution in [0.15, 0.2) is 35.1 Å². The van der Waals surface area contributed by atoms with Crippen LogP contribution in [0.4, 0.5) is 8.78 Å². The highest BCUT2D eigenvalue weighted by molar-refractivity contribution is 6.30. The molecule has 2 N–H and O–H groups in total. The zero-order chi connectivity index (χ0) is 11.8. The van der Waals surface area contributed by atoms with E-state index in [0.717, 1.165) is 6.07 Å². The van der Waals surface area contributed by atoms with Gasteiger partial charge in [-0.25, -0.2) is 0 Å². The van der Waals surface area contributed by atoms with E-state index >= 15 is 0 Å². The average Bonchev–Trinajstić information content (AvgIpc) is 2.66. The first kappa shape index (κ1) is 10.9. The normalized spacial score (nSPS) is 11.7. The number of benzene rings is 1. The molecule has 0 saturated carbocycles. The third kappa shape index (κ3) is 1.86. The van der Waals surface area contributed by atoms with E-state index in [-0.39, 0.29) is 5.56 Å². The molecule has 0 spiro atoms. The molecule has 2 rings (SSSR count). The number of aromatic nitrogens is 2. The lowest BCUT2D eigenvalue weighted by Gasteiger charge is -2.14. The maximum absolute atomic E-state index is 13.8. The summed E-state index contributed by atoms with van der Waals surface area (Å²) in [5.74, 6) is -3.25. The van der Waals surface area contributed by atoms with Gasteiger partial charge in [-0.3, -0.25) is 15.0 Å². The fourth-order valence-electron chi connectivity index (χ4n) is 1.32. The van der Waals surface area contributed by atoms with E-state index in [1.165, 1.54) is 24.3 Å². The van der Waals surface area contributed by atoms with E-state index in [4.69, 9.17) is 11.6 Å². The third-order valence-electron chi connectivity index (χ3n) is 2.14. The monoisotopic (exact) mass is 244 g/mol. The summed E-state index contributed by atoms with van der Waals surface area (Å²) in [5, 5.41) is 4.58. The molecule has 0 aliphatic carbocycles. The summed E-state index contributed by atoms with van der Waals surface area (Å²) in [4.78, 5) is 10.8. The van der Waals surface area contributed by atoms with Crippen molar-refractivity contribution in [3.63, 3.8) is 0 Å². The molecule has 1 aromatic heterocycles. The lowest BCUT2D eigenvalue weighted by Crippen LogP contribution is -2.15. The van der Waals surface area contributed by atoms with Gasteiger partial charge < -0.3 is 0 Å². The first-order valence-corrected chi connectivity index (χ1v) is 4.80. The van der Waals surface area contributed by atoms with Gasteiger partial charge >= 0.3 is 5.92 Å². The highest BCUT2D eigenvalue weighted by Crippen LogP contribution is 2.33. The van der Waals surface area contributed by atoms with Crippen molar-refractivity contribution in [2.75, 3.05) is 0 Å². The molecule has 0 fully saturated rings. The van der Waals surface area contributed by atoms with E-state index in [0.29, 0.717) is 5.02 Å². The van der Waals surface area contributed by atoms with Crippen molar-refractivity contribution in [3.05, 3.63) is 57.0 Å². The quantitative estimate of drug-likeness (QED) is 0.838. The minimum atomic E-state index is -3.25. The van der Waals surface area contributed by atoms with Gasteiger partial charge in [-0.2, -0.15) is 8.78 Å². The molecule has 0 radical (unpaired) electrons. The second-order valence-electron chi connectivity index (χ2n) is 3.25. The van der Waals surface area contributed by atoms with Gasteiger partial charge in [-0.15, -0.1) is 0 Å². The summed E-state index contributed by atoms with van der Waals surface area (Å²) in [6, 6.07) is 6.00. The summed E-state index contributed by atoms with van der Waals surface area (Å²) < 4.78 is 27.6. The molecular weight excluding hydrogens is 238 g/mol. The molecular formula is C10H7ClF2N2O. The van der Waals surface area contributed by atoms with Gasteiger partial charge in [0.1, 0.15) is 5.69 Å². The Morgan fingerprint density at radius 3 is 2.25 bits per heavy atom. The van der Waals surface area contributed by atoms with Crippen LogP contribution < -0.4 is 5.56 Å². The standard InChI is InChI=1S/C10H7ClF2N2O/c11-7-3-1-6(2-4-7)10(12,13)8-5-9(16)15-14-8/h1-5H,(H2,14,15,16). The predicted octanol–water partition coefficient (Wildman–Crippen LogP) is 2.50. The second-order valence-corrected chi connectivity index (χ2v) is 3.69. The van der Waals surface area contributed by atoms with Crippen LogP contribution >= 0.6 is 11.6 Å². The first-order valence-electron chi connectivity index (χ1n) is 4.42. The number of halogens is 3. The second kappa shape index (κ2) is 3.75. The molecule has 1 heterocycles. The Morgan fingerprint density at radius 1 is 1.12 bits per heavy atom. The van der Waals surface area contributed by atoms with Crippen LogP contribution in [-0.2, 0) is 5.92 Å². The van der Waals surface area contributed by atoms with Crippen LogP contribution in [0.25, 0.3) is 0 Å². The number of aromatic amines is 2. The van der Waals surface area contributed by atoms with Crippen LogP contribution in [0, 0.1) is 0 Å². The summed E-state index contributed by atoms with van der Waals surface area (Å²) in [6.45, 7) is 0. The Hall–Kier alpha value is -1.62. The molecule has 0 atom stereocenters. The molecule has 3 nitrogen and oxygen atoms in total. The maximum Gasteiger partial charge on any atom is 0.314 e. The Bertz CT molecular complexity index is 544. The van der Waals surface area contributed by atoms with E-state index in [1.54, 1.807) is 0 Å². The van der Waals surface area contributed by atoms with Crippen molar-refractivity contribution in [1.29, 1.82) is 0 Å². The molecule has 84 valence electrons. The highest BCUT2D eigenvalue weighted by atomic mass is 35.5. The Labute approximate surface area is 94.0 Å². The number of alkyl halides is 2. The van der Waals surface area contributed by atoms with Crippen molar-refractivity contribution in [2.24, 2.45) is 0 Å². The van der Waals surface area contributed by atoms with Crippen molar-refractivity contribution in [2.45, 2.75) is 5.92 Å². The van der Waals surface area contributed by atoms with Crippen molar-refractivity contribution in [3.8, 4) is 0 Å². The fourth-order valence-corrected chi connectivity index (χ4v) is 1.44. The Kier molecular flexibility index (Phi) is 2.55. The highest BCUT2D eigenvalue weighted by Gasteiger charge is 2.35. The largest absolute Gasteiger partial charge is 0.314 e. The molecule has 6 heteroatoms. The SMILES string of the molecule is O=c1cc(C(F)(F)c2ccc(Cl)cc2)[nH][nH]1. The Morgan fingerprint density at radius 2 is 1.75 bits per heavy atom. The minimum absolute atomic E-state index is 0.229. The smallest absolute Gasteiger partial charge is 0.296 e. The molecule has 0 saturated heterocycles. The number of H-pyrrole nitrogens is 2. The molecule has 0 unspecified atom stereocenters. The summed E-state index contributed by atoms with van der Waals surface area (Å²) in [5.41, 5.74) is -1.30. The topological polar surface area (TPSA) is 48.6 Å². The molecule has 1 aromatic carbocycles. The fraction of sp³-hybridized carbons (Fsp3) is 0.100. The van der Waals surface area contributed by atoms with Crippen molar-refractivity contribution < 1.29 is 8.78 Å².